The number of aromatic nitrogens is 2. The molecule has 8 nitrogen and oxygen atoms in total. The average molecular weight is 456 g/mol. The van der Waals surface area contributed by atoms with Gasteiger partial charge in [-0.25, -0.2) is 17.5 Å². The maximum Gasteiger partial charge on any atom is 0.340 e. The summed E-state index contributed by atoms with van der Waals surface area (Å²) in [5.74, 6) is -0.446. The highest BCUT2D eigenvalue weighted by atomic mass is 35.5. The summed E-state index contributed by atoms with van der Waals surface area (Å²) >= 11 is 11.9. The van der Waals surface area contributed by atoms with E-state index in [4.69, 9.17) is 32.5 Å². The van der Waals surface area contributed by atoms with Crippen LogP contribution < -0.4 is 0 Å². The first-order chi connectivity index (χ1) is 13.7. The van der Waals surface area contributed by atoms with Crippen LogP contribution in [0.25, 0.3) is 11.4 Å². The van der Waals surface area contributed by atoms with Crippen molar-refractivity contribution in [3.63, 3.8) is 0 Å². The van der Waals surface area contributed by atoms with Gasteiger partial charge in [0.1, 0.15) is 0 Å². The van der Waals surface area contributed by atoms with Crippen LogP contribution in [0, 0.1) is 0 Å². The highest BCUT2D eigenvalue weighted by Gasteiger charge is 2.22. The molecule has 0 aliphatic heterocycles. The number of carbonyl (C=O) groups is 1. The van der Waals surface area contributed by atoms with Crippen LogP contribution in [-0.4, -0.2) is 42.9 Å². The standard InChI is InChI=1S/C18H15Cl2N3O5S/c1-23(2)29(25,26)13-7-8-15(20)14(9-13)18(24)27-10-16-21-17(22-28-16)11-3-5-12(19)6-4-11/h3-9H,10H2,1-2H3. The van der Waals surface area contributed by atoms with E-state index in [0.717, 1.165) is 10.4 Å². The van der Waals surface area contributed by atoms with Crippen LogP contribution in [0.3, 0.4) is 0 Å². The number of ether oxygens (including phenoxy) is 1. The highest BCUT2D eigenvalue weighted by Crippen LogP contribution is 2.24. The van der Waals surface area contributed by atoms with Gasteiger partial charge in [0.15, 0.2) is 6.61 Å². The normalized spacial score (nSPS) is 11.6. The first kappa shape index (κ1) is 21.3. The second-order valence-electron chi connectivity index (χ2n) is 6.02. The van der Waals surface area contributed by atoms with Crippen LogP contribution >= 0.6 is 23.2 Å². The molecule has 0 atom stereocenters. The zero-order valence-electron chi connectivity index (χ0n) is 15.3. The lowest BCUT2D eigenvalue weighted by Crippen LogP contribution is -2.22. The molecule has 11 heteroatoms. The van der Waals surface area contributed by atoms with Crippen molar-refractivity contribution < 1.29 is 22.5 Å². The summed E-state index contributed by atoms with van der Waals surface area (Å²) in [5.41, 5.74) is 0.590. The van der Waals surface area contributed by atoms with Gasteiger partial charge >= 0.3 is 5.97 Å². The molecule has 3 rings (SSSR count). The fourth-order valence-electron chi connectivity index (χ4n) is 2.27. The van der Waals surface area contributed by atoms with E-state index in [1.54, 1.807) is 24.3 Å². The fourth-order valence-corrected chi connectivity index (χ4v) is 3.52. The van der Waals surface area contributed by atoms with Gasteiger partial charge in [0.25, 0.3) is 5.89 Å². The molecule has 0 bridgehead atoms. The van der Waals surface area contributed by atoms with Crippen LogP contribution in [-0.2, 0) is 21.4 Å². The van der Waals surface area contributed by atoms with Crippen molar-refractivity contribution >= 4 is 39.2 Å². The largest absolute Gasteiger partial charge is 0.452 e. The Bertz CT molecular complexity index is 1140. The topological polar surface area (TPSA) is 103 Å². The lowest BCUT2D eigenvalue weighted by molar-refractivity contribution is 0.0429. The van der Waals surface area contributed by atoms with Crippen molar-refractivity contribution in [2.75, 3.05) is 14.1 Å². The van der Waals surface area contributed by atoms with Crippen molar-refractivity contribution in [1.29, 1.82) is 0 Å². The van der Waals surface area contributed by atoms with Crippen molar-refractivity contribution in [3.05, 3.63) is 64.0 Å². The van der Waals surface area contributed by atoms with Crippen molar-refractivity contribution in [2.24, 2.45) is 0 Å². The second-order valence-corrected chi connectivity index (χ2v) is 9.02. The zero-order chi connectivity index (χ0) is 21.2. The summed E-state index contributed by atoms with van der Waals surface area (Å²) in [6.07, 6.45) is 0. The van der Waals surface area contributed by atoms with Crippen LogP contribution in [0.1, 0.15) is 16.2 Å². The molecular formula is C18H15Cl2N3O5S. The minimum atomic E-state index is -3.73. The summed E-state index contributed by atoms with van der Waals surface area (Å²) in [5, 5.41) is 4.45. The number of benzene rings is 2. The molecule has 0 aliphatic carbocycles. The van der Waals surface area contributed by atoms with E-state index in [-0.39, 0.29) is 28.0 Å². The SMILES string of the molecule is CN(C)S(=O)(=O)c1ccc(Cl)c(C(=O)OCc2nc(-c3ccc(Cl)cc3)no2)c1. The smallest absolute Gasteiger partial charge is 0.340 e. The molecule has 0 saturated carbocycles. The maximum atomic E-state index is 12.4. The number of hydrogen-bond donors (Lipinski definition) is 0. The number of nitrogens with zero attached hydrogens (tertiary/aromatic N) is 3. The lowest BCUT2D eigenvalue weighted by Gasteiger charge is -2.12. The van der Waals surface area contributed by atoms with Gasteiger partial charge in [-0.3, -0.25) is 0 Å². The third-order valence-corrected chi connectivity index (χ3v) is 6.23. The monoisotopic (exact) mass is 455 g/mol. The Balaban J connectivity index is 1.74. The van der Waals surface area contributed by atoms with Gasteiger partial charge in [-0.1, -0.05) is 28.4 Å². The molecule has 0 fully saturated rings. The number of rotatable bonds is 6. The first-order valence-corrected chi connectivity index (χ1v) is 10.4. The predicted octanol–water partition coefficient (Wildman–Crippen LogP) is 3.65. The minimum absolute atomic E-state index is 0.0556. The molecule has 0 radical (unpaired) electrons. The Morgan fingerprint density at radius 1 is 1.14 bits per heavy atom. The van der Waals surface area contributed by atoms with E-state index in [0.29, 0.717) is 16.4 Å². The van der Waals surface area contributed by atoms with Crippen LogP contribution in [0.2, 0.25) is 10.0 Å². The summed E-state index contributed by atoms with van der Waals surface area (Å²) in [4.78, 5) is 16.4. The van der Waals surface area contributed by atoms with Crippen LogP contribution in [0.4, 0.5) is 0 Å². The molecule has 0 spiro atoms. The molecule has 0 N–H and O–H groups in total. The van der Waals surface area contributed by atoms with Crippen molar-refractivity contribution in [2.45, 2.75) is 11.5 Å². The molecule has 1 aromatic heterocycles. The molecule has 0 saturated heterocycles. The maximum absolute atomic E-state index is 12.4. The minimum Gasteiger partial charge on any atom is -0.452 e. The van der Waals surface area contributed by atoms with Crippen molar-refractivity contribution in [1.82, 2.24) is 14.4 Å². The Hall–Kier alpha value is -2.46. The summed E-state index contributed by atoms with van der Waals surface area (Å²) in [7, 11) is -0.961. The predicted molar refractivity (Wildman–Crippen MR) is 106 cm³/mol. The second kappa shape index (κ2) is 8.50. The summed E-state index contributed by atoms with van der Waals surface area (Å²) in [6, 6.07) is 10.6. The average Bonchev–Trinajstić information content (AvgIpc) is 3.15. The van der Waals surface area contributed by atoms with Gasteiger partial charge in [0.2, 0.25) is 15.8 Å². The third kappa shape index (κ3) is 4.76. The fraction of sp³-hybridized carbons (Fsp3) is 0.167. The van der Waals surface area contributed by atoms with Crippen LogP contribution in [0.5, 0.6) is 0 Å². The Kier molecular flexibility index (Phi) is 6.23. The number of hydrogen-bond acceptors (Lipinski definition) is 7. The molecule has 152 valence electrons. The van der Waals surface area contributed by atoms with Gasteiger partial charge in [-0.15, -0.1) is 0 Å². The Morgan fingerprint density at radius 2 is 1.83 bits per heavy atom. The molecule has 3 aromatic rings. The van der Waals surface area contributed by atoms with Gasteiger partial charge in [0, 0.05) is 24.7 Å². The zero-order valence-corrected chi connectivity index (χ0v) is 17.6. The van der Waals surface area contributed by atoms with E-state index in [1.165, 1.54) is 26.2 Å². The van der Waals surface area contributed by atoms with Gasteiger partial charge in [-0.05, 0) is 42.5 Å². The molecule has 1 heterocycles. The number of carbonyl (C=O) groups excluding carboxylic acids is 1. The Labute approximate surface area is 177 Å². The number of esters is 1. The van der Waals surface area contributed by atoms with Gasteiger partial charge in [0.05, 0.1) is 15.5 Å². The molecule has 29 heavy (non-hydrogen) atoms. The van der Waals surface area contributed by atoms with E-state index in [2.05, 4.69) is 10.1 Å². The van der Waals surface area contributed by atoms with Crippen LogP contribution in [0.15, 0.2) is 51.9 Å². The molecule has 0 amide bonds. The van der Waals surface area contributed by atoms with E-state index >= 15 is 0 Å². The number of halogens is 2. The van der Waals surface area contributed by atoms with Crippen molar-refractivity contribution in [3.8, 4) is 11.4 Å². The van der Waals surface area contributed by atoms with E-state index in [1.807, 2.05) is 0 Å². The molecular weight excluding hydrogens is 441 g/mol. The van der Waals surface area contributed by atoms with Gasteiger partial charge < -0.3 is 9.26 Å². The summed E-state index contributed by atoms with van der Waals surface area (Å²) < 4.78 is 35.7. The van der Waals surface area contributed by atoms with E-state index < -0.39 is 16.0 Å². The number of sulfonamides is 1. The molecule has 2 aromatic carbocycles. The molecule has 0 unspecified atom stereocenters. The summed E-state index contributed by atoms with van der Waals surface area (Å²) in [6.45, 7) is -0.305. The molecule has 0 aliphatic rings. The van der Waals surface area contributed by atoms with E-state index in [9.17, 15) is 13.2 Å². The Morgan fingerprint density at radius 3 is 2.48 bits per heavy atom. The lowest BCUT2D eigenvalue weighted by atomic mass is 10.2. The quantitative estimate of drug-likeness (QED) is 0.522. The highest BCUT2D eigenvalue weighted by molar-refractivity contribution is 7.89. The third-order valence-electron chi connectivity index (χ3n) is 3.83. The van der Waals surface area contributed by atoms with Gasteiger partial charge in [-0.2, -0.15) is 4.98 Å². The first-order valence-electron chi connectivity index (χ1n) is 8.16.